The molecule has 20 heavy (non-hydrogen) atoms. The second kappa shape index (κ2) is 5.03. The molecule has 0 aliphatic rings. The number of amides is 1. The number of aromatic nitrogens is 5. The largest absolute Gasteiger partial charge is 0.317 e. The minimum atomic E-state index is -0.424. The van der Waals surface area contributed by atoms with Gasteiger partial charge in [-0.25, -0.2) is 14.5 Å². The molecule has 3 aromatic heterocycles. The Labute approximate surface area is 122 Å². The first kappa shape index (κ1) is 12.8. The van der Waals surface area contributed by atoms with Crippen LogP contribution >= 0.6 is 23.2 Å². The molecule has 0 fully saturated rings. The zero-order chi connectivity index (χ0) is 14.1. The molecular formula is C11H6Cl2N6O. The van der Waals surface area contributed by atoms with Gasteiger partial charge in [0.05, 0.1) is 23.5 Å². The number of fused-ring (bicyclic) bond motifs is 1. The van der Waals surface area contributed by atoms with Crippen LogP contribution in [0.25, 0.3) is 5.52 Å². The number of hydrogen-bond donors (Lipinski definition) is 1. The molecule has 0 aromatic carbocycles. The third kappa shape index (κ3) is 2.17. The quantitative estimate of drug-likeness (QED) is 0.733. The maximum atomic E-state index is 12.2. The van der Waals surface area contributed by atoms with E-state index >= 15 is 0 Å². The molecule has 0 aliphatic carbocycles. The molecule has 0 radical (unpaired) electrons. The standard InChI is InChI=1S/C11H6Cl2N6O/c12-9-8(10(13)16-5-15-9)18-11(20)6-3-17-19-2-1-14-4-7(6)19/h1-5H,(H,18,20). The van der Waals surface area contributed by atoms with Gasteiger partial charge in [0.25, 0.3) is 5.91 Å². The lowest BCUT2D eigenvalue weighted by atomic mass is 10.2. The van der Waals surface area contributed by atoms with E-state index in [2.05, 4.69) is 25.4 Å². The average molecular weight is 309 g/mol. The van der Waals surface area contributed by atoms with Crippen molar-refractivity contribution in [2.75, 3.05) is 5.32 Å². The number of rotatable bonds is 2. The van der Waals surface area contributed by atoms with E-state index in [9.17, 15) is 4.79 Å². The minimum absolute atomic E-state index is 0.0629. The second-order valence-corrected chi connectivity index (χ2v) is 4.46. The summed E-state index contributed by atoms with van der Waals surface area (Å²) in [7, 11) is 0. The van der Waals surface area contributed by atoms with Crippen LogP contribution in [0.3, 0.4) is 0 Å². The third-order valence-corrected chi connectivity index (χ3v) is 3.14. The van der Waals surface area contributed by atoms with E-state index < -0.39 is 5.91 Å². The van der Waals surface area contributed by atoms with Crippen molar-refractivity contribution in [3.8, 4) is 0 Å². The van der Waals surface area contributed by atoms with Crippen molar-refractivity contribution in [2.24, 2.45) is 0 Å². The molecule has 0 spiro atoms. The van der Waals surface area contributed by atoms with Crippen LogP contribution in [0.1, 0.15) is 10.4 Å². The minimum Gasteiger partial charge on any atom is -0.317 e. The maximum absolute atomic E-state index is 12.2. The first-order valence-electron chi connectivity index (χ1n) is 5.41. The van der Waals surface area contributed by atoms with Crippen LogP contribution in [0.4, 0.5) is 5.69 Å². The summed E-state index contributed by atoms with van der Waals surface area (Å²) < 4.78 is 1.53. The van der Waals surface area contributed by atoms with Gasteiger partial charge in [-0.1, -0.05) is 23.2 Å². The molecule has 7 nitrogen and oxygen atoms in total. The molecule has 1 amide bonds. The van der Waals surface area contributed by atoms with E-state index in [0.29, 0.717) is 11.1 Å². The fourth-order valence-corrected chi connectivity index (χ4v) is 2.05. The Kier molecular flexibility index (Phi) is 3.21. The number of anilines is 1. The summed E-state index contributed by atoms with van der Waals surface area (Å²) >= 11 is 11.7. The van der Waals surface area contributed by atoms with Crippen LogP contribution in [0.2, 0.25) is 10.3 Å². The normalized spacial score (nSPS) is 10.7. The summed E-state index contributed by atoms with van der Waals surface area (Å²) in [6, 6.07) is 0. The molecule has 3 rings (SSSR count). The Morgan fingerprint density at radius 3 is 2.70 bits per heavy atom. The molecule has 0 bridgehead atoms. The van der Waals surface area contributed by atoms with Crippen LogP contribution in [0, 0.1) is 0 Å². The van der Waals surface area contributed by atoms with E-state index in [1.54, 1.807) is 12.4 Å². The van der Waals surface area contributed by atoms with Gasteiger partial charge in [0.1, 0.15) is 12.0 Å². The molecule has 0 unspecified atom stereocenters. The van der Waals surface area contributed by atoms with Crippen LogP contribution in [0.15, 0.2) is 31.1 Å². The number of nitrogens with zero attached hydrogens (tertiary/aromatic N) is 5. The topological polar surface area (TPSA) is 85.1 Å². The molecule has 0 saturated carbocycles. The van der Waals surface area contributed by atoms with E-state index in [-0.39, 0.29) is 16.0 Å². The summed E-state index contributed by atoms with van der Waals surface area (Å²) in [6.07, 6.45) is 7.38. The highest BCUT2D eigenvalue weighted by Crippen LogP contribution is 2.26. The van der Waals surface area contributed by atoms with Crippen LogP contribution in [-0.2, 0) is 0 Å². The van der Waals surface area contributed by atoms with Gasteiger partial charge < -0.3 is 5.32 Å². The molecular weight excluding hydrogens is 303 g/mol. The van der Waals surface area contributed by atoms with Gasteiger partial charge in [0.2, 0.25) is 0 Å². The lowest BCUT2D eigenvalue weighted by Gasteiger charge is -2.06. The summed E-state index contributed by atoms with van der Waals surface area (Å²) in [4.78, 5) is 23.7. The average Bonchev–Trinajstić information content (AvgIpc) is 2.87. The van der Waals surface area contributed by atoms with Crippen molar-refractivity contribution >= 4 is 40.3 Å². The predicted octanol–water partition coefficient (Wildman–Crippen LogP) is 2.08. The zero-order valence-corrected chi connectivity index (χ0v) is 11.3. The number of carbonyl (C=O) groups is 1. The van der Waals surface area contributed by atoms with Crippen LogP contribution in [0.5, 0.6) is 0 Å². The van der Waals surface area contributed by atoms with Gasteiger partial charge in [0.15, 0.2) is 10.3 Å². The lowest BCUT2D eigenvalue weighted by Crippen LogP contribution is -2.13. The zero-order valence-electron chi connectivity index (χ0n) is 9.79. The van der Waals surface area contributed by atoms with Crippen molar-refractivity contribution in [3.63, 3.8) is 0 Å². The fourth-order valence-electron chi connectivity index (χ4n) is 1.64. The first-order chi connectivity index (χ1) is 9.66. The number of halogens is 2. The Morgan fingerprint density at radius 1 is 1.20 bits per heavy atom. The van der Waals surface area contributed by atoms with Gasteiger partial charge in [-0.05, 0) is 0 Å². The number of carbonyl (C=O) groups excluding carboxylic acids is 1. The van der Waals surface area contributed by atoms with Gasteiger partial charge in [-0.15, -0.1) is 0 Å². The summed E-state index contributed by atoms with van der Waals surface area (Å²) in [6.45, 7) is 0. The fraction of sp³-hybridized carbons (Fsp3) is 0. The van der Waals surface area contributed by atoms with Gasteiger partial charge >= 0.3 is 0 Å². The van der Waals surface area contributed by atoms with Crippen molar-refractivity contribution in [3.05, 3.63) is 47.0 Å². The number of nitrogens with one attached hydrogen (secondary N) is 1. The van der Waals surface area contributed by atoms with E-state index in [4.69, 9.17) is 23.2 Å². The van der Waals surface area contributed by atoms with Crippen molar-refractivity contribution < 1.29 is 4.79 Å². The molecule has 100 valence electrons. The van der Waals surface area contributed by atoms with Crippen molar-refractivity contribution in [1.82, 2.24) is 24.6 Å². The Morgan fingerprint density at radius 2 is 1.95 bits per heavy atom. The summed E-state index contributed by atoms with van der Waals surface area (Å²) in [5.41, 5.74) is 1.06. The molecule has 1 N–H and O–H groups in total. The summed E-state index contributed by atoms with van der Waals surface area (Å²) in [5.74, 6) is -0.424. The maximum Gasteiger partial charge on any atom is 0.259 e. The van der Waals surface area contributed by atoms with Gasteiger partial charge in [0, 0.05) is 12.4 Å². The van der Waals surface area contributed by atoms with E-state index in [1.165, 1.54) is 23.2 Å². The molecule has 0 saturated heterocycles. The van der Waals surface area contributed by atoms with Crippen molar-refractivity contribution in [1.29, 1.82) is 0 Å². The monoisotopic (exact) mass is 308 g/mol. The van der Waals surface area contributed by atoms with Gasteiger partial charge in [-0.2, -0.15) is 5.10 Å². The Bertz CT molecular complexity index is 782. The Balaban J connectivity index is 1.98. The van der Waals surface area contributed by atoms with Crippen LogP contribution in [-0.4, -0.2) is 30.5 Å². The smallest absolute Gasteiger partial charge is 0.259 e. The highest BCUT2D eigenvalue weighted by Gasteiger charge is 2.16. The predicted molar refractivity (Wildman–Crippen MR) is 73.0 cm³/mol. The highest BCUT2D eigenvalue weighted by molar-refractivity contribution is 6.38. The molecule has 3 aromatic rings. The first-order valence-corrected chi connectivity index (χ1v) is 6.17. The van der Waals surface area contributed by atoms with Gasteiger partial charge in [-0.3, -0.25) is 9.78 Å². The van der Waals surface area contributed by atoms with E-state index in [0.717, 1.165) is 0 Å². The Hall–Kier alpha value is -2.25. The highest BCUT2D eigenvalue weighted by atomic mass is 35.5. The SMILES string of the molecule is O=C(Nc1c(Cl)ncnc1Cl)c1cnn2ccncc12. The third-order valence-electron chi connectivity index (χ3n) is 2.56. The molecule has 3 heterocycles. The second-order valence-electron chi connectivity index (χ2n) is 3.75. The molecule has 0 atom stereocenters. The van der Waals surface area contributed by atoms with Crippen molar-refractivity contribution in [2.45, 2.75) is 0 Å². The lowest BCUT2D eigenvalue weighted by molar-refractivity contribution is 0.102. The molecule has 0 aliphatic heterocycles. The molecule has 9 heteroatoms. The van der Waals surface area contributed by atoms with Crippen LogP contribution < -0.4 is 5.32 Å². The summed E-state index contributed by atoms with van der Waals surface area (Å²) in [5, 5.41) is 6.73. The van der Waals surface area contributed by atoms with E-state index in [1.807, 2.05) is 0 Å². The number of hydrogen-bond acceptors (Lipinski definition) is 5.